The first kappa shape index (κ1) is 17.4. The number of pyridine rings is 1. The zero-order valence-corrected chi connectivity index (χ0v) is 14.8. The highest BCUT2D eigenvalue weighted by Gasteiger charge is 2.08. The number of aryl methyl sites for hydroxylation is 1. The third kappa shape index (κ3) is 4.54. The van der Waals surface area contributed by atoms with Crippen LogP contribution in [0.5, 0.6) is 0 Å². The second-order valence-corrected chi connectivity index (χ2v) is 6.00. The second-order valence-electron chi connectivity index (χ2n) is 6.00. The van der Waals surface area contributed by atoms with Gasteiger partial charge in [0.1, 0.15) is 17.5 Å². The largest absolute Gasteiger partial charge is 0.359 e. The molecule has 0 atom stereocenters. The van der Waals surface area contributed by atoms with Gasteiger partial charge in [-0.15, -0.1) is 0 Å². The fraction of sp³-hybridized carbons (Fsp3) is 0.200. The van der Waals surface area contributed by atoms with Crippen molar-refractivity contribution in [2.45, 2.75) is 13.3 Å². The molecule has 26 heavy (non-hydrogen) atoms. The van der Waals surface area contributed by atoms with Crippen LogP contribution in [0, 0.1) is 18.3 Å². The maximum Gasteiger partial charge on any atom is 0.136 e. The fourth-order valence-corrected chi connectivity index (χ4v) is 2.59. The molecule has 1 aromatic carbocycles. The lowest BCUT2D eigenvalue weighted by atomic mass is 10.2. The van der Waals surface area contributed by atoms with Gasteiger partial charge in [-0.3, -0.25) is 4.98 Å². The minimum atomic E-state index is 0.607. The average molecular weight is 344 g/mol. The van der Waals surface area contributed by atoms with Crippen molar-refractivity contribution in [2.75, 3.05) is 23.8 Å². The lowest BCUT2D eigenvalue weighted by Gasteiger charge is -2.19. The summed E-state index contributed by atoms with van der Waals surface area (Å²) in [6.45, 7) is 2.71. The highest BCUT2D eigenvalue weighted by Crippen LogP contribution is 2.20. The Morgan fingerprint density at radius 3 is 2.69 bits per heavy atom. The topological polar surface area (TPSA) is 77.7 Å². The first-order chi connectivity index (χ1) is 12.6. The normalized spacial score (nSPS) is 10.2. The molecule has 2 heterocycles. The number of nitrogens with one attached hydrogen (secondary N) is 1. The van der Waals surface area contributed by atoms with Gasteiger partial charge in [0.25, 0.3) is 0 Å². The zero-order valence-electron chi connectivity index (χ0n) is 14.8. The van der Waals surface area contributed by atoms with Crippen molar-refractivity contribution in [3.8, 4) is 6.07 Å². The Bertz CT molecular complexity index is 917. The fourth-order valence-electron chi connectivity index (χ4n) is 2.59. The molecular formula is C20H20N6. The predicted octanol–water partition coefficient (Wildman–Crippen LogP) is 3.47. The van der Waals surface area contributed by atoms with Crippen LogP contribution in [0.25, 0.3) is 0 Å². The third-order valence-corrected chi connectivity index (χ3v) is 3.96. The molecule has 3 rings (SSSR count). The minimum absolute atomic E-state index is 0.607. The summed E-state index contributed by atoms with van der Waals surface area (Å²) in [7, 11) is 2.02. The first-order valence-electron chi connectivity index (χ1n) is 8.37. The van der Waals surface area contributed by atoms with Crippen LogP contribution in [-0.4, -0.2) is 28.5 Å². The summed E-state index contributed by atoms with van der Waals surface area (Å²) in [5.41, 5.74) is 2.67. The van der Waals surface area contributed by atoms with E-state index in [1.165, 1.54) is 5.56 Å². The standard InChI is InChI=1S/C20H20N6/c1-15-23-19(25-18-5-3-4-17(12-18)14-21)13-20(24-15)26(2)11-8-16-6-9-22-10-7-16/h3-7,9-10,12-13H,8,11H2,1-2H3,(H,23,24,25). The van der Waals surface area contributed by atoms with Crippen LogP contribution in [0.2, 0.25) is 0 Å². The number of likely N-dealkylation sites (N-methyl/N-ethyl adjacent to an activating group) is 1. The molecule has 6 heteroatoms. The second kappa shape index (κ2) is 8.08. The first-order valence-corrected chi connectivity index (χ1v) is 8.37. The number of rotatable bonds is 6. The van der Waals surface area contributed by atoms with E-state index in [2.05, 4.69) is 31.2 Å². The Morgan fingerprint density at radius 2 is 1.92 bits per heavy atom. The van der Waals surface area contributed by atoms with E-state index in [-0.39, 0.29) is 0 Å². The molecule has 0 saturated carbocycles. The highest BCUT2D eigenvalue weighted by atomic mass is 15.2. The molecule has 0 aliphatic rings. The van der Waals surface area contributed by atoms with Crippen molar-refractivity contribution in [2.24, 2.45) is 0 Å². The molecule has 0 saturated heterocycles. The lowest BCUT2D eigenvalue weighted by Crippen LogP contribution is -2.22. The lowest BCUT2D eigenvalue weighted by molar-refractivity contribution is 0.848. The van der Waals surface area contributed by atoms with E-state index in [0.29, 0.717) is 17.2 Å². The summed E-state index contributed by atoms with van der Waals surface area (Å²) in [6, 6.07) is 15.4. The van der Waals surface area contributed by atoms with Crippen molar-refractivity contribution in [3.63, 3.8) is 0 Å². The van der Waals surface area contributed by atoms with Crippen molar-refractivity contribution in [1.82, 2.24) is 15.0 Å². The molecular weight excluding hydrogens is 324 g/mol. The number of nitriles is 1. The molecule has 0 radical (unpaired) electrons. The molecule has 0 aliphatic carbocycles. The number of aromatic nitrogens is 3. The van der Waals surface area contributed by atoms with Gasteiger partial charge in [0.15, 0.2) is 0 Å². The molecule has 2 aromatic heterocycles. The van der Waals surface area contributed by atoms with Gasteiger partial charge in [0, 0.05) is 37.7 Å². The number of benzene rings is 1. The van der Waals surface area contributed by atoms with E-state index in [4.69, 9.17) is 5.26 Å². The van der Waals surface area contributed by atoms with Crippen LogP contribution in [-0.2, 0) is 6.42 Å². The maximum absolute atomic E-state index is 9.03. The van der Waals surface area contributed by atoms with Crippen molar-refractivity contribution in [3.05, 3.63) is 71.8 Å². The van der Waals surface area contributed by atoms with E-state index in [1.54, 1.807) is 12.1 Å². The van der Waals surface area contributed by atoms with Crippen LogP contribution in [0.15, 0.2) is 54.9 Å². The molecule has 0 bridgehead atoms. The molecule has 1 N–H and O–H groups in total. The molecule has 6 nitrogen and oxygen atoms in total. The number of nitrogens with zero attached hydrogens (tertiary/aromatic N) is 5. The smallest absolute Gasteiger partial charge is 0.136 e. The minimum Gasteiger partial charge on any atom is -0.359 e. The van der Waals surface area contributed by atoms with Crippen molar-refractivity contribution >= 4 is 17.3 Å². The van der Waals surface area contributed by atoms with E-state index >= 15 is 0 Å². The van der Waals surface area contributed by atoms with E-state index in [0.717, 1.165) is 24.5 Å². The third-order valence-electron chi connectivity index (χ3n) is 3.96. The number of hydrogen-bond donors (Lipinski definition) is 1. The molecule has 0 fully saturated rings. The summed E-state index contributed by atoms with van der Waals surface area (Å²) in [5.74, 6) is 2.25. The molecule has 0 aliphatic heterocycles. The van der Waals surface area contributed by atoms with Crippen LogP contribution >= 0.6 is 0 Å². The summed E-state index contributed by atoms with van der Waals surface area (Å²) >= 11 is 0. The van der Waals surface area contributed by atoms with Gasteiger partial charge in [-0.25, -0.2) is 9.97 Å². The number of anilines is 3. The Labute approximate surface area is 153 Å². The summed E-state index contributed by atoms with van der Waals surface area (Å²) in [6.07, 6.45) is 4.53. The summed E-state index contributed by atoms with van der Waals surface area (Å²) < 4.78 is 0. The highest BCUT2D eigenvalue weighted by molar-refractivity contribution is 5.61. The van der Waals surface area contributed by atoms with Crippen molar-refractivity contribution < 1.29 is 0 Å². The van der Waals surface area contributed by atoms with E-state index in [1.807, 2.05) is 56.7 Å². The monoisotopic (exact) mass is 344 g/mol. The van der Waals surface area contributed by atoms with Crippen LogP contribution in [0.3, 0.4) is 0 Å². The van der Waals surface area contributed by atoms with Gasteiger partial charge < -0.3 is 10.2 Å². The van der Waals surface area contributed by atoms with Crippen LogP contribution in [0.4, 0.5) is 17.3 Å². The zero-order chi connectivity index (χ0) is 18.4. The number of hydrogen-bond acceptors (Lipinski definition) is 6. The predicted molar refractivity (Wildman–Crippen MR) is 102 cm³/mol. The average Bonchev–Trinajstić information content (AvgIpc) is 2.66. The van der Waals surface area contributed by atoms with E-state index < -0.39 is 0 Å². The quantitative estimate of drug-likeness (QED) is 0.738. The van der Waals surface area contributed by atoms with E-state index in [9.17, 15) is 0 Å². The summed E-state index contributed by atoms with van der Waals surface area (Å²) in [5, 5.41) is 12.3. The van der Waals surface area contributed by atoms with Gasteiger partial charge in [-0.2, -0.15) is 5.26 Å². The van der Waals surface area contributed by atoms with Gasteiger partial charge in [-0.1, -0.05) is 6.07 Å². The van der Waals surface area contributed by atoms with Crippen molar-refractivity contribution in [1.29, 1.82) is 5.26 Å². The summed E-state index contributed by atoms with van der Waals surface area (Å²) in [4.78, 5) is 15.1. The Morgan fingerprint density at radius 1 is 1.12 bits per heavy atom. The van der Waals surface area contributed by atoms with Gasteiger partial charge in [0.2, 0.25) is 0 Å². The Kier molecular flexibility index (Phi) is 5.40. The Balaban J connectivity index is 1.73. The molecule has 0 spiro atoms. The van der Waals surface area contributed by atoms with Gasteiger partial charge >= 0.3 is 0 Å². The van der Waals surface area contributed by atoms with Crippen LogP contribution in [0.1, 0.15) is 17.0 Å². The molecule has 0 unspecified atom stereocenters. The SMILES string of the molecule is Cc1nc(Nc2cccc(C#N)c2)cc(N(C)CCc2ccncc2)n1. The maximum atomic E-state index is 9.03. The molecule has 130 valence electrons. The van der Waals surface area contributed by atoms with Crippen LogP contribution < -0.4 is 10.2 Å². The van der Waals surface area contributed by atoms with Gasteiger partial charge in [-0.05, 0) is 49.2 Å². The molecule has 3 aromatic rings. The Hall–Kier alpha value is -3.46. The van der Waals surface area contributed by atoms with Gasteiger partial charge in [0.05, 0.1) is 11.6 Å². The molecule has 0 amide bonds.